The van der Waals surface area contributed by atoms with Crippen LogP contribution in [-0.4, -0.2) is 15.2 Å². The molecule has 2 heterocycles. The highest BCUT2D eigenvalue weighted by molar-refractivity contribution is 6.34. The van der Waals surface area contributed by atoms with E-state index in [-0.39, 0.29) is 0 Å². The summed E-state index contributed by atoms with van der Waals surface area (Å²) >= 11 is 5.85. The molecule has 2 aromatic rings. The maximum absolute atomic E-state index is 5.85. The lowest BCUT2D eigenvalue weighted by Gasteiger charge is -1.88. The maximum atomic E-state index is 5.85. The third-order valence-corrected chi connectivity index (χ3v) is 1.87. The number of aryl methyl sites for hydroxylation is 1. The van der Waals surface area contributed by atoms with Gasteiger partial charge in [-0.1, -0.05) is 11.6 Å². The number of nitrogens with zero attached hydrogens (tertiary/aromatic N) is 2. The van der Waals surface area contributed by atoms with Gasteiger partial charge in [-0.2, -0.15) is 5.10 Å². The lowest BCUT2D eigenvalue weighted by molar-refractivity contribution is 1.07. The Morgan fingerprint density at radius 3 is 3.00 bits per heavy atom. The van der Waals surface area contributed by atoms with Crippen LogP contribution in [0.1, 0.15) is 5.69 Å². The Labute approximate surface area is 68.4 Å². The van der Waals surface area contributed by atoms with Crippen molar-refractivity contribution in [3.8, 4) is 0 Å². The van der Waals surface area contributed by atoms with Gasteiger partial charge in [-0.15, -0.1) is 0 Å². The first kappa shape index (κ1) is 6.61. The minimum absolute atomic E-state index is 0.638. The van der Waals surface area contributed by atoms with Gasteiger partial charge in [0.15, 0.2) is 0 Å². The second-order valence-corrected chi connectivity index (χ2v) is 2.75. The van der Waals surface area contributed by atoms with E-state index in [4.69, 9.17) is 11.6 Å². The van der Waals surface area contributed by atoms with E-state index >= 15 is 0 Å². The zero-order valence-electron chi connectivity index (χ0n) is 5.93. The fourth-order valence-corrected chi connectivity index (χ4v) is 1.19. The van der Waals surface area contributed by atoms with E-state index in [1.807, 2.05) is 6.92 Å². The van der Waals surface area contributed by atoms with Crippen LogP contribution in [0, 0.1) is 6.92 Å². The van der Waals surface area contributed by atoms with Crippen molar-refractivity contribution in [2.75, 3.05) is 0 Å². The summed E-state index contributed by atoms with van der Waals surface area (Å²) in [5.41, 5.74) is 2.53. The lowest BCUT2D eigenvalue weighted by atomic mass is 10.3. The quantitative estimate of drug-likeness (QED) is 0.652. The van der Waals surface area contributed by atoms with Crippen LogP contribution in [0.2, 0.25) is 5.02 Å². The van der Waals surface area contributed by atoms with Gasteiger partial charge >= 0.3 is 0 Å². The maximum Gasteiger partial charge on any atom is 0.129 e. The van der Waals surface area contributed by atoms with Crippen LogP contribution in [0.25, 0.3) is 11.0 Å². The predicted molar refractivity (Wildman–Crippen MR) is 43.6 cm³/mol. The van der Waals surface area contributed by atoms with E-state index in [0.29, 0.717) is 5.02 Å². The number of halogens is 1. The molecular weight excluding hydrogens is 162 g/mol. The van der Waals surface area contributed by atoms with E-state index in [0.717, 1.165) is 16.7 Å². The molecule has 0 saturated heterocycles. The van der Waals surface area contributed by atoms with Crippen LogP contribution < -0.4 is 0 Å². The van der Waals surface area contributed by atoms with E-state index in [9.17, 15) is 0 Å². The fourth-order valence-electron chi connectivity index (χ4n) is 1.00. The third-order valence-electron chi connectivity index (χ3n) is 1.57. The molecule has 0 bridgehead atoms. The molecule has 4 heteroatoms. The van der Waals surface area contributed by atoms with Crippen LogP contribution in [0.5, 0.6) is 0 Å². The molecule has 0 aliphatic heterocycles. The van der Waals surface area contributed by atoms with Crippen LogP contribution in [0.15, 0.2) is 12.3 Å². The number of aromatic amines is 1. The largest absolute Gasteiger partial charge is 0.280 e. The highest BCUT2D eigenvalue weighted by atomic mass is 35.5. The zero-order chi connectivity index (χ0) is 7.84. The van der Waals surface area contributed by atoms with Crippen LogP contribution in [-0.2, 0) is 0 Å². The molecule has 1 N–H and O–H groups in total. The molecule has 2 rings (SSSR count). The summed E-state index contributed by atoms with van der Waals surface area (Å²) < 4.78 is 0. The van der Waals surface area contributed by atoms with Gasteiger partial charge in [0.05, 0.1) is 10.7 Å². The molecule has 0 spiro atoms. The molecule has 3 nitrogen and oxygen atoms in total. The number of hydrogen-bond acceptors (Lipinski definition) is 2. The van der Waals surface area contributed by atoms with Crippen LogP contribution in [0.4, 0.5) is 0 Å². The highest BCUT2D eigenvalue weighted by Crippen LogP contribution is 2.20. The van der Waals surface area contributed by atoms with E-state index in [2.05, 4.69) is 15.2 Å². The Morgan fingerprint density at radius 1 is 1.45 bits per heavy atom. The van der Waals surface area contributed by atoms with E-state index in [1.54, 1.807) is 12.3 Å². The molecular formula is C7H6ClN3. The normalized spacial score (nSPS) is 10.7. The molecule has 0 fully saturated rings. The number of rotatable bonds is 0. The Kier molecular flexibility index (Phi) is 1.32. The smallest absolute Gasteiger partial charge is 0.129 e. The Hall–Kier alpha value is -1.09. The van der Waals surface area contributed by atoms with Crippen molar-refractivity contribution in [3.63, 3.8) is 0 Å². The summed E-state index contributed by atoms with van der Waals surface area (Å²) in [5.74, 6) is 0. The van der Waals surface area contributed by atoms with Gasteiger partial charge in [0, 0.05) is 6.20 Å². The van der Waals surface area contributed by atoms with Crippen molar-refractivity contribution < 1.29 is 0 Å². The summed E-state index contributed by atoms with van der Waals surface area (Å²) in [7, 11) is 0. The molecule has 56 valence electrons. The van der Waals surface area contributed by atoms with Gasteiger partial charge < -0.3 is 0 Å². The van der Waals surface area contributed by atoms with E-state index in [1.165, 1.54) is 0 Å². The fraction of sp³-hybridized carbons (Fsp3) is 0.143. The third kappa shape index (κ3) is 0.886. The SMILES string of the molecule is Cc1[nH]nc2c(Cl)ccnc12. The van der Waals surface area contributed by atoms with Crippen molar-refractivity contribution in [3.05, 3.63) is 23.0 Å². The summed E-state index contributed by atoms with van der Waals surface area (Å²) in [5, 5.41) is 7.46. The van der Waals surface area contributed by atoms with Crippen LogP contribution in [0.3, 0.4) is 0 Å². The lowest BCUT2D eigenvalue weighted by Crippen LogP contribution is -1.75. The molecule has 0 saturated carbocycles. The van der Waals surface area contributed by atoms with Gasteiger partial charge in [0.2, 0.25) is 0 Å². The van der Waals surface area contributed by atoms with Gasteiger partial charge in [0.1, 0.15) is 11.0 Å². The number of H-pyrrole nitrogens is 1. The first-order chi connectivity index (χ1) is 5.29. The average Bonchev–Trinajstić information content (AvgIpc) is 2.35. The van der Waals surface area contributed by atoms with Crippen molar-refractivity contribution in [2.45, 2.75) is 6.92 Å². The molecule has 11 heavy (non-hydrogen) atoms. The second kappa shape index (κ2) is 2.20. The predicted octanol–water partition coefficient (Wildman–Crippen LogP) is 1.92. The molecule has 0 atom stereocenters. The zero-order valence-corrected chi connectivity index (χ0v) is 6.68. The molecule has 2 aromatic heterocycles. The van der Waals surface area contributed by atoms with Gasteiger partial charge in [-0.25, -0.2) is 0 Å². The van der Waals surface area contributed by atoms with Crippen molar-refractivity contribution in [1.82, 2.24) is 15.2 Å². The minimum Gasteiger partial charge on any atom is -0.280 e. The van der Waals surface area contributed by atoms with Gasteiger partial charge in [-0.05, 0) is 13.0 Å². The summed E-state index contributed by atoms with van der Waals surface area (Å²) in [4.78, 5) is 4.12. The Balaban J connectivity index is 2.94. The number of fused-ring (bicyclic) bond motifs is 1. The number of pyridine rings is 1. The minimum atomic E-state index is 0.638. The van der Waals surface area contributed by atoms with Gasteiger partial charge in [0.25, 0.3) is 0 Å². The number of nitrogens with one attached hydrogen (secondary N) is 1. The van der Waals surface area contributed by atoms with Crippen LogP contribution >= 0.6 is 11.6 Å². The summed E-state index contributed by atoms with van der Waals surface area (Å²) in [6, 6.07) is 1.73. The standard InChI is InChI=1S/C7H6ClN3/c1-4-6-7(11-10-4)5(8)2-3-9-6/h2-3H,1H3,(H,10,11). The first-order valence-electron chi connectivity index (χ1n) is 3.24. The molecule has 0 aliphatic rings. The van der Waals surface area contributed by atoms with Crippen molar-refractivity contribution in [2.24, 2.45) is 0 Å². The molecule has 0 aliphatic carbocycles. The monoisotopic (exact) mass is 167 g/mol. The number of hydrogen-bond donors (Lipinski definition) is 1. The second-order valence-electron chi connectivity index (χ2n) is 2.34. The van der Waals surface area contributed by atoms with E-state index < -0.39 is 0 Å². The average molecular weight is 168 g/mol. The Morgan fingerprint density at radius 2 is 2.27 bits per heavy atom. The topological polar surface area (TPSA) is 41.6 Å². The Bertz CT molecular complexity index is 393. The summed E-state index contributed by atoms with van der Waals surface area (Å²) in [6.45, 7) is 1.92. The molecule has 0 aromatic carbocycles. The molecule has 0 unspecified atom stereocenters. The highest BCUT2D eigenvalue weighted by Gasteiger charge is 2.04. The number of aromatic nitrogens is 3. The first-order valence-corrected chi connectivity index (χ1v) is 3.62. The van der Waals surface area contributed by atoms with Crippen molar-refractivity contribution >= 4 is 22.6 Å². The molecule has 0 amide bonds. The molecule has 0 radical (unpaired) electrons. The van der Waals surface area contributed by atoms with Gasteiger partial charge in [-0.3, -0.25) is 10.1 Å². The van der Waals surface area contributed by atoms with Crippen molar-refractivity contribution in [1.29, 1.82) is 0 Å². The summed E-state index contributed by atoms with van der Waals surface area (Å²) in [6.07, 6.45) is 1.67.